The molecule has 146 valence electrons. The smallest absolute Gasteiger partial charge is 0.407 e. The Labute approximate surface area is 154 Å². The van der Waals surface area contributed by atoms with E-state index < -0.39 is 11.7 Å². The fourth-order valence-corrected chi connectivity index (χ4v) is 2.64. The van der Waals surface area contributed by atoms with E-state index in [0.717, 1.165) is 0 Å². The van der Waals surface area contributed by atoms with E-state index in [1.807, 2.05) is 20.8 Å². The van der Waals surface area contributed by atoms with Crippen molar-refractivity contribution in [1.82, 2.24) is 20.0 Å². The zero-order chi connectivity index (χ0) is 19.2. The first-order chi connectivity index (χ1) is 12.3. The molecule has 1 aromatic heterocycles. The number of nitrogens with one attached hydrogen (secondary N) is 2. The lowest BCUT2D eigenvalue weighted by Crippen LogP contribution is -2.48. The van der Waals surface area contributed by atoms with Gasteiger partial charge in [-0.25, -0.2) is 9.59 Å². The molecule has 2 N–H and O–H groups in total. The number of likely N-dealkylation sites (tertiary alicyclic amines) is 1. The third-order valence-corrected chi connectivity index (χ3v) is 3.91. The Morgan fingerprint density at radius 1 is 1.31 bits per heavy atom. The summed E-state index contributed by atoms with van der Waals surface area (Å²) in [7, 11) is 1.63. The molecule has 0 atom stereocenters. The minimum Gasteiger partial charge on any atom is -0.444 e. The van der Waals surface area contributed by atoms with Crippen LogP contribution in [0.5, 0.6) is 0 Å². The van der Waals surface area contributed by atoms with Crippen LogP contribution in [0.1, 0.15) is 33.6 Å². The highest BCUT2D eigenvalue weighted by atomic mass is 16.6. The number of urea groups is 1. The van der Waals surface area contributed by atoms with Gasteiger partial charge in [-0.2, -0.15) is 5.10 Å². The Balaban J connectivity index is 1.74. The van der Waals surface area contributed by atoms with E-state index in [0.29, 0.717) is 44.8 Å². The molecular weight excluding hydrogens is 338 g/mol. The molecule has 26 heavy (non-hydrogen) atoms. The number of piperidine rings is 1. The molecular formula is C17H29N5O4. The maximum Gasteiger partial charge on any atom is 0.407 e. The Kier molecular flexibility index (Phi) is 6.84. The predicted octanol–water partition coefficient (Wildman–Crippen LogP) is 2.05. The number of carbonyl (C=O) groups excluding carboxylic acids is 2. The van der Waals surface area contributed by atoms with Crippen molar-refractivity contribution in [2.24, 2.45) is 0 Å². The van der Waals surface area contributed by atoms with E-state index in [9.17, 15) is 9.59 Å². The maximum atomic E-state index is 12.3. The second-order valence-corrected chi connectivity index (χ2v) is 7.32. The van der Waals surface area contributed by atoms with Crippen LogP contribution in [0.25, 0.3) is 0 Å². The molecule has 1 saturated heterocycles. The summed E-state index contributed by atoms with van der Waals surface area (Å²) >= 11 is 0. The van der Waals surface area contributed by atoms with Crippen molar-refractivity contribution in [1.29, 1.82) is 0 Å². The highest BCUT2D eigenvalue weighted by molar-refractivity contribution is 5.89. The van der Waals surface area contributed by atoms with E-state index in [-0.39, 0.29) is 12.1 Å². The zero-order valence-corrected chi connectivity index (χ0v) is 15.9. The van der Waals surface area contributed by atoms with Gasteiger partial charge in [-0.15, -0.1) is 0 Å². The van der Waals surface area contributed by atoms with Gasteiger partial charge < -0.3 is 25.0 Å². The highest BCUT2D eigenvalue weighted by Crippen LogP contribution is 2.14. The lowest BCUT2D eigenvalue weighted by atomic mass is 10.1. The normalized spacial score (nSPS) is 15.6. The highest BCUT2D eigenvalue weighted by Gasteiger charge is 2.25. The summed E-state index contributed by atoms with van der Waals surface area (Å²) in [5.41, 5.74) is 0.137. The first-order valence-electron chi connectivity index (χ1n) is 8.83. The number of alkyl carbamates (subject to hydrolysis) is 1. The average molecular weight is 367 g/mol. The minimum atomic E-state index is -0.516. The molecule has 1 aliphatic rings. The molecule has 0 radical (unpaired) electrons. The van der Waals surface area contributed by atoms with E-state index in [1.165, 1.54) is 0 Å². The SMILES string of the molecule is COCCn1cc(NC(=O)N2CCC(NC(=O)OC(C)(C)C)CC2)cn1. The number of hydrogen-bond donors (Lipinski definition) is 2. The van der Waals surface area contributed by atoms with Gasteiger partial charge in [0.1, 0.15) is 5.60 Å². The van der Waals surface area contributed by atoms with Gasteiger partial charge in [0.2, 0.25) is 0 Å². The number of aromatic nitrogens is 2. The van der Waals surface area contributed by atoms with Gasteiger partial charge in [-0.3, -0.25) is 4.68 Å². The Morgan fingerprint density at radius 3 is 2.62 bits per heavy atom. The number of carbonyl (C=O) groups is 2. The number of nitrogens with zero attached hydrogens (tertiary/aromatic N) is 3. The molecule has 0 aliphatic carbocycles. The number of hydrogen-bond acceptors (Lipinski definition) is 5. The first-order valence-corrected chi connectivity index (χ1v) is 8.83. The van der Waals surface area contributed by atoms with E-state index in [4.69, 9.17) is 9.47 Å². The first kappa shape index (κ1) is 20.0. The summed E-state index contributed by atoms with van der Waals surface area (Å²) < 4.78 is 12.0. The summed E-state index contributed by atoms with van der Waals surface area (Å²) in [6, 6.07) is -0.141. The molecule has 9 nitrogen and oxygen atoms in total. The van der Waals surface area contributed by atoms with Crippen LogP contribution in [0.3, 0.4) is 0 Å². The predicted molar refractivity (Wildman–Crippen MR) is 97.1 cm³/mol. The maximum absolute atomic E-state index is 12.3. The fourth-order valence-electron chi connectivity index (χ4n) is 2.64. The third kappa shape index (κ3) is 6.55. The van der Waals surface area contributed by atoms with Crippen LogP contribution >= 0.6 is 0 Å². The van der Waals surface area contributed by atoms with Gasteiger partial charge in [0.15, 0.2) is 0 Å². The molecule has 9 heteroatoms. The zero-order valence-electron chi connectivity index (χ0n) is 15.9. The second kappa shape index (κ2) is 8.88. The topological polar surface area (TPSA) is 97.7 Å². The molecule has 0 aromatic carbocycles. The van der Waals surface area contributed by atoms with Crippen LogP contribution in [0.4, 0.5) is 15.3 Å². The molecule has 1 fully saturated rings. The van der Waals surface area contributed by atoms with Crippen LogP contribution in [0.15, 0.2) is 12.4 Å². The summed E-state index contributed by atoms with van der Waals surface area (Å²) in [5.74, 6) is 0. The largest absolute Gasteiger partial charge is 0.444 e. The lowest BCUT2D eigenvalue weighted by molar-refractivity contribution is 0.0486. The van der Waals surface area contributed by atoms with Gasteiger partial charge in [0.25, 0.3) is 0 Å². The molecule has 2 heterocycles. The molecule has 1 aliphatic heterocycles. The van der Waals surface area contributed by atoms with Crippen LogP contribution < -0.4 is 10.6 Å². The fraction of sp³-hybridized carbons (Fsp3) is 0.706. The van der Waals surface area contributed by atoms with Crippen molar-refractivity contribution >= 4 is 17.8 Å². The van der Waals surface area contributed by atoms with Gasteiger partial charge in [-0.05, 0) is 33.6 Å². The number of amides is 3. The van der Waals surface area contributed by atoms with Crippen LogP contribution in [-0.4, -0.2) is 65.3 Å². The van der Waals surface area contributed by atoms with Crippen LogP contribution in [-0.2, 0) is 16.0 Å². The number of methoxy groups -OCH3 is 1. The van der Waals surface area contributed by atoms with E-state index in [1.54, 1.807) is 29.1 Å². The molecule has 0 spiro atoms. The van der Waals surface area contributed by atoms with Crippen molar-refractivity contribution in [2.75, 3.05) is 32.1 Å². The Bertz CT molecular complexity index is 603. The van der Waals surface area contributed by atoms with Crippen LogP contribution in [0, 0.1) is 0 Å². The third-order valence-electron chi connectivity index (χ3n) is 3.91. The molecule has 0 unspecified atom stereocenters. The molecule has 0 bridgehead atoms. The minimum absolute atomic E-state index is 0.0192. The van der Waals surface area contributed by atoms with E-state index >= 15 is 0 Å². The van der Waals surface area contributed by atoms with Crippen molar-refractivity contribution in [3.05, 3.63) is 12.4 Å². The van der Waals surface area contributed by atoms with Gasteiger partial charge >= 0.3 is 12.1 Å². The van der Waals surface area contributed by atoms with E-state index in [2.05, 4.69) is 15.7 Å². The second-order valence-electron chi connectivity index (χ2n) is 7.32. The average Bonchev–Trinajstić information content (AvgIpc) is 2.99. The van der Waals surface area contributed by atoms with Gasteiger partial charge in [0, 0.05) is 32.4 Å². The van der Waals surface area contributed by atoms with Crippen molar-refractivity contribution in [2.45, 2.75) is 51.8 Å². The van der Waals surface area contributed by atoms with Crippen molar-refractivity contribution in [3.63, 3.8) is 0 Å². The molecule has 0 saturated carbocycles. The molecule has 1 aromatic rings. The number of rotatable bonds is 5. The summed E-state index contributed by atoms with van der Waals surface area (Å²) in [6.45, 7) is 7.83. The summed E-state index contributed by atoms with van der Waals surface area (Å²) in [4.78, 5) is 25.9. The summed E-state index contributed by atoms with van der Waals surface area (Å²) in [5, 5.41) is 9.88. The Hall–Kier alpha value is -2.29. The number of anilines is 1. The monoisotopic (exact) mass is 367 g/mol. The van der Waals surface area contributed by atoms with Gasteiger partial charge in [0.05, 0.1) is 25.0 Å². The quantitative estimate of drug-likeness (QED) is 0.830. The molecule has 3 amide bonds. The summed E-state index contributed by atoms with van der Waals surface area (Å²) in [6.07, 6.45) is 4.36. The lowest BCUT2D eigenvalue weighted by Gasteiger charge is -2.32. The molecule has 2 rings (SSSR count). The van der Waals surface area contributed by atoms with Crippen molar-refractivity contribution < 1.29 is 19.1 Å². The van der Waals surface area contributed by atoms with Gasteiger partial charge in [-0.1, -0.05) is 0 Å². The number of ether oxygens (including phenoxy) is 2. The van der Waals surface area contributed by atoms with Crippen LogP contribution in [0.2, 0.25) is 0 Å². The van der Waals surface area contributed by atoms with Crippen molar-refractivity contribution in [3.8, 4) is 0 Å². The standard InChI is InChI=1S/C17H29N5O4/c1-17(2,3)26-16(24)20-13-5-7-21(8-6-13)15(23)19-14-11-18-22(12-14)9-10-25-4/h11-13H,5-10H2,1-4H3,(H,19,23)(H,20,24). The Morgan fingerprint density at radius 2 is 2.00 bits per heavy atom.